The van der Waals surface area contributed by atoms with E-state index in [1.54, 1.807) is 30.7 Å². The van der Waals surface area contributed by atoms with Gasteiger partial charge in [0.15, 0.2) is 5.82 Å². The van der Waals surface area contributed by atoms with Gasteiger partial charge in [0.2, 0.25) is 5.91 Å². The summed E-state index contributed by atoms with van der Waals surface area (Å²) in [4.78, 5) is 29.9. The molecule has 8 nitrogen and oxygen atoms in total. The zero-order chi connectivity index (χ0) is 29.6. The third-order valence-corrected chi connectivity index (χ3v) is 7.23. The van der Waals surface area contributed by atoms with Crippen LogP contribution in [0.25, 0.3) is 61.4 Å². The van der Waals surface area contributed by atoms with Gasteiger partial charge in [-0.3, -0.25) is 19.9 Å². The predicted molar refractivity (Wildman–Crippen MR) is 165 cm³/mol. The van der Waals surface area contributed by atoms with Crippen LogP contribution in [0.2, 0.25) is 0 Å². The molecule has 210 valence electrons. The first-order chi connectivity index (χ1) is 20.1. The highest BCUT2D eigenvalue weighted by molar-refractivity contribution is 6.02. The van der Waals surface area contributed by atoms with Crippen molar-refractivity contribution in [2.45, 2.75) is 34.1 Å². The van der Waals surface area contributed by atoms with E-state index in [0.29, 0.717) is 28.4 Å². The van der Waals surface area contributed by atoms with Gasteiger partial charge in [0.25, 0.3) is 0 Å². The molecule has 0 radical (unpaired) electrons. The van der Waals surface area contributed by atoms with Gasteiger partial charge in [-0.15, -0.1) is 0 Å². The van der Waals surface area contributed by atoms with Gasteiger partial charge in [-0.05, 0) is 66.1 Å². The van der Waals surface area contributed by atoms with E-state index < -0.39 is 5.41 Å². The van der Waals surface area contributed by atoms with Crippen LogP contribution in [-0.4, -0.2) is 36.0 Å². The normalized spacial score (nSPS) is 11.7. The fourth-order valence-electron chi connectivity index (χ4n) is 4.78. The van der Waals surface area contributed by atoms with Crippen molar-refractivity contribution in [1.29, 1.82) is 0 Å². The van der Waals surface area contributed by atoms with Gasteiger partial charge in [-0.2, -0.15) is 5.10 Å². The van der Waals surface area contributed by atoms with Crippen molar-refractivity contribution < 1.29 is 9.18 Å². The summed E-state index contributed by atoms with van der Waals surface area (Å²) >= 11 is 0. The van der Waals surface area contributed by atoms with Gasteiger partial charge in [-0.25, -0.2) is 9.37 Å². The minimum absolute atomic E-state index is 0.0894. The maximum atomic E-state index is 13.6. The fourth-order valence-corrected chi connectivity index (χ4v) is 4.78. The molecule has 0 atom stereocenters. The smallest absolute Gasteiger partial charge is 0.229 e. The summed E-state index contributed by atoms with van der Waals surface area (Å²) in [6.45, 7) is 12.0. The van der Waals surface area contributed by atoms with E-state index in [9.17, 15) is 9.18 Å². The summed E-state index contributed by atoms with van der Waals surface area (Å²) in [7, 11) is 0. The second-order valence-electron chi connectivity index (χ2n) is 11.3. The number of aromatic nitrogens is 6. The number of H-pyrrole nitrogens is 2. The number of hydrogen-bond acceptors (Lipinski definition) is 5. The quantitative estimate of drug-likeness (QED) is 0.193. The second kappa shape index (κ2) is 10.3. The number of nitrogens with zero attached hydrogens (tertiary/aromatic N) is 4. The van der Waals surface area contributed by atoms with Crippen LogP contribution in [-0.2, 0) is 4.79 Å². The van der Waals surface area contributed by atoms with Crippen LogP contribution in [0.3, 0.4) is 0 Å². The number of hydrogen-bond donors (Lipinski definition) is 3. The molecule has 0 saturated carbocycles. The lowest BCUT2D eigenvalue weighted by Gasteiger charge is -2.18. The van der Waals surface area contributed by atoms with Gasteiger partial charge >= 0.3 is 0 Å². The number of anilines is 1. The zero-order valence-corrected chi connectivity index (χ0v) is 23.8. The molecule has 6 rings (SSSR count). The van der Waals surface area contributed by atoms with E-state index >= 15 is 0 Å². The molecule has 0 spiro atoms. The number of aromatic amines is 2. The molecule has 9 heteroatoms. The molecule has 0 aliphatic heterocycles. The number of allylic oxidation sites excluding steroid dienone is 1. The Kier molecular flexibility index (Phi) is 6.65. The molecule has 3 N–H and O–H groups in total. The highest BCUT2D eigenvalue weighted by Crippen LogP contribution is 2.37. The maximum Gasteiger partial charge on any atom is 0.229 e. The lowest BCUT2D eigenvalue weighted by Crippen LogP contribution is -2.27. The SMILES string of the molecule is C=C(CC)c1cc(-c2cncc(NC(=O)C(C)(C)C)c2)cc2c(-c3nc4c(-c5ccc(F)cc5)nccc4[nH]3)[nH]nc12. The Bertz CT molecular complexity index is 1980. The average Bonchev–Trinajstić information content (AvgIpc) is 3.60. The summed E-state index contributed by atoms with van der Waals surface area (Å²) in [6, 6.07) is 14.1. The standard InChI is InChI=1S/C33H30FN7O/c1-6-18(2)24-14-20(21-13-23(17-35-16-21)37-32(42)33(3,4)5)15-25-28(24)40-41-29(25)31-38-26-11-12-36-27(30(26)39-31)19-7-9-22(34)10-8-19/h7-17H,2,6H2,1,3-5H3,(H,37,42)(H,38,39)(H,40,41). The summed E-state index contributed by atoms with van der Waals surface area (Å²) in [5, 5.41) is 11.7. The van der Waals surface area contributed by atoms with E-state index in [2.05, 4.69) is 50.0 Å². The van der Waals surface area contributed by atoms with Crippen molar-refractivity contribution in [2.75, 3.05) is 5.32 Å². The Balaban J connectivity index is 1.49. The third kappa shape index (κ3) is 4.94. The average molecular weight is 560 g/mol. The van der Waals surface area contributed by atoms with Crippen LogP contribution >= 0.6 is 0 Å². The van der Waals surface area contributed by atoms with Crippen molar-refractivity contribution in [1.82, 2.24) is 30.1 Å². The molecular formula is C33H30FN7O. The van der Waals surface area contributed by atoms with Crippen LogP contribution in [0.5, 0.6) is 0 Å². The number of pyridine rings is 2. The number of fused-ring (bicyclic) bond motifs is 2. The molecule has 0 aliphatic rings. The number of amides is 1. The van der Waals surface area contributed by atoms with Gasteiger partial charge < -0.3 is 10.3 Å². The number of halogens is 1. The Morgan fingerprint density at radius 2 is 1.79 bits per heavy atom. The minimum atomic E-state index is -0.536. The molecule has 4 aromatic heterocycles. The Morgan fingerprint density at radius 1 is 1.00 bits per heavy atom. The summed E-state index contributed by atoms with van der Waals surface area (Å²) in [5.74, 6) is 0.196. The van der Waals surface area contributed by atoms with Crippen LogP contribution in [0.4, 0.5) is 10.1 Å². The van der Waals surface area contributed by atoms with E-state index in [1.165, 1.54) is 12.1 Å². The van der Waals surface area contributed by atoms with E-state index in [-0.39, 0.29) is 11.7 Å². The highest BCUT2D eigenvalue weighted by atomic mass is 19.1. The van der Waals surface area contributed by atoms with Crippen molar-refractivity contribution in [3.8, 4) is 33.9 Å². The number of nitrogens with one attached hydrogen (secondary N) is 3. The topological polar surface area (TPSA) is 112 Å². The zero-order valence-electron chi connectivity index (χ0n) is 23.8. The predicted octanol–water partition coefficient (Wildman–Crippen LogP) is 7.78. The number of carbonyl (C=O) groups is 1. The van der Waals surface area contributed by atoms with Crippen LogP contribution in [0.1, 0.15) is 39.7 Å². The van der Waals surface area contributed by atoms with E-state index in [4.69, 9.17) is 4.98 Å². The highest BCUT2D eigenvalue weighted by Gasteiger charge is 2.22. The number of rotatable bonds is 6. The second-order valence-corrected chi connectivity index (χ2v) is 11.3. The Hall–Kier alpha value is -5.18. The third-order valence-electron chi connectivity index (χ3n) is 7.23. The summed E-state index contributed by atoms with van der Waals surface area (Å²) in [5.41, 5.74) is 8.06. The van der Waals surface area contributed by atoms with Gasteiger partial charge in [0.1, 0.15) is 22.5 Å². The molecule has 4 heterocycles. The fraction of sp³-hybridized carbons (Fsp3) is 0.182. The lowest BCUT2D eigenvalue weighted by atomic mass is 9.95. The van der Waals surface area contributed by atoms with Crippen molar-refractivity contribution >= 4 is 39.1 Å². The number of imidazole rings is 1. The van der Waals surface area contributed by atoms with Crippen LogP contribution in [0.15, 0.2) is 73.7 Å². The number of benzene rings is 2. The molecular weight excluding hydrogens is 529 g/mol. The molecule has 0 saturated heterocycles. The molecule has 0 fully saturated rings. The van der Waals surface area contributed by atoms with Crippen LogP contribution < -0.4 is 5.32 Å². The monoisotopic (exact) mass is 559 g/mol. The number of carbonyl (C=O) groups excluding carboxylic acids is 1. The minimum Gasteiger partial charge on any atom is -0.337 e. The maximum absolute atomic E-state index is 13.6. The largest absolute Gasteiger partial charge is 0.337 e. The van der Waals surface area contributed by atoms with Crippen molar-refractivity contribution in [3.63, 3.8) is 0 Å². The van der Waals surface area contributed by atoms with Crippen molar-refractivity contribution in [3.05, 3.63) is 85.1 Å². The molecule has 42 heavy (non-hydrogen) atoms. The molecule has 1 amide bonds. The van der Waals surface area contributed by atoms with E-state index in [1.807, 2.05) is 39.0 Å². The van der Waals surface area contributed by atoms with Gasteiger partial charge in [-0.1, -0.05) is 34.3 Å². The molecule has 6 aromatic rings. The summed E-state index contributed by atoms with van der Waals surface area (Å²) < 4.78 is 13.6. The lowest BCUT2D eigenvalue weighted by molar-refractivity contribution is -0.123. The van der Waals surface area contributed by atoms with Gasteiger partial charge in [0.05, 0.1) is 23.1 Å². The van der Waals surface area contributed by atoms with Crippen molar-refractivity contribution in [2.24, 2.45) is 5.41 Å². The Labute approximate surface area is 242 Å². The first kappa shape index (κ1) is 27.0. The molecule has 0 unspecified atom stereocenters. The van der Waals surface area contributed by atoms with E-state index in [0.717, 1.165) is 50.7 Å². The first-order valence-electron chi connectivity index (χ1n) is 13.7. The van der Waals surface area contributed by atoms with Gasteiger partial charge in [0, 0.05) is 39.9 Å². The first-order valence-corrected chi connectivity index (χ1v) is 13.7. The van der Waals surface area contributed by atoms with Crippen LogP contribution in [0, 0.1) is 11.2 Å². The Morgan fingerprint density at radius 3 is 2.52 bits per heavy atom. The summed E-state index contributed by atoms with van der Waals surface area (Å²) in [6.07, 6.45) is 5.86. The molecule has 2 aromatic carbocycles. The molecule has 0 aliphatic carbocycles. The molecule has 0 bridgehead atoms.